The molecular weight excluding hydrogens is 412 g/mol. The monoisotopic (exact) mass is 432 g/mol. The van der Waals surface area contributed by atoms with Crippen molar-refractivity contribution in [3.05, 3.63) is 28.2 Å². The Kier molecular flexibility index (Phi) is 6.51. The van der Waals surface area contributed by atoms with Crippen LogP contribution in [0.3, 0.4) is 0 Å². The number of aromatic nitrogens is 2. The maximum Gasteiger partial charge on any atom is 0.252 e. The number of hydrogen-bond acceptors (Lipinski definition) is 7. The Labute approximate surface area is 167 Å². The number of carbonyl (C=O) groups is 1. The number of sulfonamides is 1. The van der Waals surface area contributed by atoms with Crippen molar-refractivity contribution in [2.45, 2.75) is 36.8 Å². The molecule has 1 saturated heterocycles. The van der Waals surface area contributed by atoms with Crippen molar-refractivity contribution in [3.63, 3.8) is 0 Å². The van der Waals surface area contributed by atoms with Gasteiger partial charge in [0.2, 0.25) is 11.8 Å². The Morgan fingerprint density at radius 3 is 2.63 bits per heavy atom. The zero-order valence-corrected chi connectivity index (χ0v) is 17.3. The molecular formula is C16H21ClN4O4S2. The molecule has 27 heavy (non-hydrogen) atoms. The molecule has 0 N–H and O–H groups in total. The molecule has 0 atom stereocenters. The Bertz CT molecular complexity index is 888. The lowest BCUT2D eigenvalue weighted by Gasteiger charge is -2.33. The van der Waals surface area contributed by atoms with Gasteiger partial charge in [-0.3, -0.25) is 4.79 Å². The van der Waals surface area contributed by atoms with Crippen LogP contribution in [0.1, 0.15) is 31.5 Å². The van der Waals surface area contributed by atoms with E-state index in [4.69, 9.17) is 16.1 Å². The van der Waals surface area contributed by atoms with E-state index in [1.807, 2.05) is 6.92 Å². The summed E-state index contributed by atoms with van der Waals surface area (Å²) in [7, 11) is -3.55. The highest BCUT2D eigenvalue weighted by Gasteiger charge is 2.31. The van der Waals surface area contributed by atoms with Gasteiger partial charge in [0.25, 0.3) is 10.0 Å². The van der Waals surface area contributed by atoms with Crippen LogP contribution in [0.4, 0.5) is 0 Å². The second-order valence-corrected chi connectivity index (χ2v) is 10.1. The Balaban J connectivity index is 1.50. The smallest absolute Gasteiger partial charge is 0.252 e. The van der Waals surface area contributed by atoms with E-state index >= 15 is 0 Å². The number of nitrogens with zero attached hydrogens (tertiary/aromatic N) is 4. The van der Waals surface area contributed by atoms with Gasteiger partial charge in [-0.05, 0) is 18.6 Å². The summed E-state index contributed by atoms with van der Waals surface area (Å²) in [5.41, 5.74) is 0. The van der Waals surface area contributed by atoms with Crippen LogP contribution in [0.25, 0.3) is 0 Å². The van der Waals surface area contributed by atoms with E-state index in [0.29, 0.717) is 35.6 Å². The lowest BCUT2D eigenvalue weighted by atomic mass is 10.2. The predicted molar refractivity (Wildman–Crippen MR) is 101 cm³/mol. The molecule has 2 aromatic rings. The van der Waals surface area contributed by atoms with Gasteiger partial charge in [0, 0.05) is 45.4 Å². The summed E-state index contributed by atoms with van der Waals surface area (Å²) in [4.78, 5) is 18.3. The summed E-state index contributed by atoms with van der Waals surface area (Å²) in [5.74, 6) is 1.08. The Morgan fingerprint density at radius 1 is 1.26 bits per heavy atom. The maximum atomic E-state index is 12.6. The Morgan fingerprint density at radius 2 is 2.00 bits per heavy atom. The summed E-state index contributed by atoms with van der Waals surface area (Å²) < 4.78 is 32.4. The first kappa shape index (κ1) is 20.2. The molecule has 0 radical (unpaired) electrons. The van der Waals surface area contributed by atoms with Crippen molar-refractivity contribution in [2.24, 2.45) is 0 Å². The van der Waals surface area contributed by atoms with Crippen molar-refractivity contribution in [1.82, 2.24) is 19.3 Å². The minimum Gasteiger partial charge on any atom is -0.340 e. The van der Waals surface area contributed by atoms with Gasteiger partial charge < -0.3 is 9.42 Å². The standard InChI is InChI=1S/C16H21ClN4O4S2/c1-2-3-13-18-14(25-19-13)5-6-15(22)20-8-10-21(11-9-20)27(23,24)16-7-4-12(17)26-16/h4,7H,2-3,5-6,8-11H2,1H3. The van der Waals surface area contributed by atoms with Crippen LogP contribution in [0.15, 0.2) is 20.9 Å². The van der Waals surface area contributed by atoms with E-state index in [9.17, 15) is 13.2 Å². The third kappa shape index (κ3) is 4.87. The van der Waals surface area contributed by atoms with E-state index in [-0.39, 0.29) is 29.6 Å². The fourth-order valence-corrected chi connectivity index (χ4v) is 5.89. The first-order valence-electron chi connectivity index (χ1n) is 8.75. The van der Waals surface area contributed by atoms with Gasteiger partial charge in [-0.15, -0.1) is 11.3 Å². The van der Waals surface area contributed by atoms with Crippen LogP contribution in [0.5, 0.6) is 0 Å². The number of carbonyl (C=O) groups excluding carboxylic acids is 1. The molecule has 3 rings (SSSR count). The lowest BCUT2D eigenvalue weighted by Crippen LogP contribution is -2.50. The molecule has 0 aromatic carbocycles. The molecule has 0 aliphatic carbocycles. The van der Waals surface area contributed by atoms with Crippen LogP contribution in [0, 0.1) is 0 Å². The first-order valence-corrected chi connectivity index (χ1v) is 11.4. The minimum atomic E-state index is -3.55. The summed E-state index contributed by atoms with van der Waals surface area (Å²) in [5, 5.41) is 3.87. The summed E-state index contributed by atoms with van der Waals surface area (Å²) in [6.07, 6.45) is 2.34. The number of rotatable bonds is 7. The number of thiophene rings is 1. The molecule has 8 nitrogen and oxygen atoms in total. The summed E-state index contributed by atoms with van der Waals surface area (Å²) >= 11 is 6.88. The number of piperazine rings is 1. The molecule has 0 saturated carbocycles. The van der Waals surface area contributed by atoms with Gasteiger partial charge in [-0.1, -0.05) is 23.7 Å². The molecule has 2 aromatic heterocycles. The van der Waals surface area contributed by atoms with Gasteiger partial charge in [-0.25, -0.2) is 8.42 Å². The van der Waals surface area contributed by atoms with Crippen molar-refractivity contribution >= 4 is 38.9 Å². The molecule has 0 spiro atoms. The summed E-state index contributed by atoms with van der Waals surface area (Å²) in [6.45, 7) is 3.30. The molecule has 148 valence electrons. The third-order valence-electron chi connectivity index (χ3n) is 4.27. The second kappa shape index (κ2) is 8.68. The predicted octanol–water partition coefficient (Wildman–Crippen LogP) is 2.20. The van der Waals surface area contributed by atoms with Gasteiger partial charge in [0.1, 0.15) is 4.21 Å². The Hall–Kier alpha value is -1.49. The van der Waals surface area contributed by atoms with Crippen molar-refractivity contribution in [3.8, 4) is 0 Å². The number of amides is 1. The molecule has 11 heteroatoms. The maximum absolute atomic E-state index is 12.6. The van der Waals surface area contributed by atoms with Crippen molar-refractivity contribution in [1.29, 1.82) is 0 Å². The second-order valence-electron chi connectivity index (χ2n) is 6.20. The SMILES string of the molecule is CCCc1noc(CCC(=O)N2CCN(S(=O)(=O)c3ccc(Cl)s3)CC2)n1. The van der Waals surface area contributed by atoms with Crippen molar-refractivity contribution in [2.75, 3.05) is 26.2 Å². The number of aryl methyl sites for hydroxylation is 2. The quantitative estimate of drug-likeness (QED) is 0.665. The molecule has 3 heterocycles. The van der Waals surface area contributed by atoms with E-state index in [0.717, 1.165) is 24.2 Å². The fourth-order valence-electron chi connectivity index (χ4n) is 2.83. The fraction of sp³-hybridized carbons (Fsp3) is 0.562. The average molecular weight is 433 g/mol. The zero-order valence-electron chi connectivity index (χ0n) is 14.9. The van der Waals surface area contributed by atoms with Gasteiger partial charge >= 0.3 is 0 Å². The summed E-state index contributed by atoms with van der Waals surface area (Å²) in [6, 6.07) is 3.08. The molecule has 1 amide bonds. The molecule has 0 unspecified atom stereocenters. The van der Waals surface area contributed by atoms with Crippen LogP contribution in [-0.2, 0) is 27.7 Å². The zero-order chi connectivity index (χ0) is 19.4. The molecule has 1 aliphatic heterocycles. The lowest BCUT2D eigenvalue weighted by molar-refractivity contribution is -0.132. The van der Waals surface area contributed by atoms with E-state index < -0.39 is 10.0 Å². The largest absolute Gasteiger partial charge is 0.340 e. The molecule has 0 bridgehead atoms. The average Bonchev–Trinajstić information content (AvgIpc) is 3.29. The van der Waals surface area contributed by atoms with Crippen LogP contribution >= 0.6 is 22.9 Å². The number of halogens is 1. The highest BCUT2D eigenvalue weighted by atomic mass is 35.5. The number of hydrogen-bond donors (Lipinski definition) is 0. The van der Waals surface area contributed by atoms with E-state index in [1.54, 1.807) is 11.0 Å². The topological polar surface area (TPSA) is 96.6 Å². The van der Waals surface area contributed by atoms with Crippen LogP contribution in [0.2, 0.25) is 4.34 Å². The molecule has 1 fully saturated rings. The van der Waals surface area contributed by atoms with Crippen LogP contribution < -0.4 is 0 Å². The van der Waals surface area contributed by atoms with E-state index in [1.165, 1.54) is 10.4 Å². The highest BCUT2D eigenvalue weighted by molar-refractivity contribution is 7.91. The van der Waals surface area contributed by atoms with Crippen LogP contribution in [-0.4, -0.2) is 59.8 Å². The minimum absolute atomic E-state index is 0.0403. The van der Waals surface area contributed by atoms with Crippen molar-refractivity contribution < 1.29 is 17.7 Å². The highest BCUT2D eigenvalue weighted by Crippen LogP contribution is 2.28. The van der Waals surface area contributed by atoms with Gasteiger partial charge in [0.05, 0.1) is 4.34 Å². The first-order chi connectivity index (χ1) is 12.9. The van der Waals surface area contributed by atoms with Gasteiger partial charge in [0.15, 0.2) is 5.82 Å². The van der Waals surface area contributed by atoms with Gasteiger partial charge in [-0.2, -0.15) is 9.29 Å². The molecule has 1 aliphatic rings. The third-order valence-corrected chi connectivity index (χ3v) is 7.87. The normalized spacial score (nSPS) is 16.0. The van der Waals surface area contributed by atoms with E-state index in [2.05, 4.69) is 10.1 Å².